The molecule has 2 heterocycles. The second-order valence-electron chi connectivity index (χ2n) is 2.69. The topological polar surface area (TPSA) is 69.6 Å². The summed E-state index contributed by atoms with van der Waals surface area (Å²) in [6.45, 7) is -0.521. The van der Waals surface area contributed by atoms with E-state index >= 15 is 0 Å². The molecule has 0 unspecified atom stereocenters. The van der Waals surface area contributed by atoms with Gasteiger partial charge in [0.2, 0.25) is 0 Å². The van der Waals surface area contributed by atoms with Gasteiger partial charge in [-0.1, -0.05) is 0 Å². The van der Waals surface area contributed by atoms with Crippen molar-refractivity contribution in [2.45, 2.75) is 13.0 Å². The zero-order valence-corrected chi connectivity index (χ0v) is 7.06. The zero-order valence-electron chi connectivity index (χ0n) is 7.06. The molecule has 2 rings (SSSR count). The Labute approximate surface area is 77.6 Å². The van der Waals surface area contributed by atoms with E-state index in [9.17, 15) is 8.78 Å². The average Bonchev–Trinajstić information content (AvgIpc) is 2.44. The number of fused-ring (bicyclic) bond motifs is 1. The van der Waals surface area contributed by atoms with Crippen LogP contribution in [0.4, 0.5) is 14.6 Å². The van der Waals surface area contributed by atoms with Gasteiger partial charge in [0.15, 0.2) is 17.0 Å². The van der Waals surface area contributed by atoms with Crippen LogP contribution in [0.3, 0.4) is 0 Å². The smallest absolute Gasteiger partial charge is 0.258 e. The molecule has 0 aliphatic rings. The molecule has 0 fully saturated rings. The molecule has 0 atom stereocenters. The minimum absolute atomic E-state index is 0.119. The van der Waals surface area contributed by atoms with Crippen molar-refractivity contribution in [2.75, 3.05) is 5.73 Å². The normalized spacial score (nSPS) is 11.4. The summed E-state index contributed by atoms with van der Waals surface area (Å²) in [6.07, 6.45) is 0.359. The first kappa shape index (κ1) is 8.79. The van der Waals surface area contributed by atoms with Crippen LogP contribution in [0, 0.1) is 0 Å². The van der Waals surface area contributed by atoms with Gasteiger partial charge in [0.05, 0.1) is 0 Å². The fraction of sp³-hybridized carbons (Fsp3) is 0.286. The summed E-state index contributed by atoms with van der Waals surface area (Å²) in [5.41, 5.74) is 6.11. The average molecular weight is 199 g/mol. The lowest BCUT2D eigenvalue weighted by Gasteiger charge is -1.99. The highest BCUT2D eigenvalue weighted by atomic mass is 19.3. The van der Waals surface area contributed by atoms with Crippen molar-refractivity contribution in [3.8, 4) is 0 Å². The third kappa shape index (κ3) is 1.36. The first-order chi connectivity index (χ1) is 6.68. The van der Waals surface area contributed by atoms with Crippen LogP contribution in [-0.2, 0) is 6.54 Å². The van der Waals surface area contributed by atoms with Gasteiger partial charge in [0, 0.05) is 12.4 Å². The van der Waals surface area contributed by atoms with Crippen LogP contribution >= 0.6 is 0 Å². The van der Waals surface area contributed by atoms with Gasteiger partial charge in [-0.3, -0.25) is 0 Å². The molecule has 2 aromatic heterocycles. The van der Waals surface area contributed by atoms with E-state index in [0.717, 1.165) is 4.68 Å². The molecular weight excluding hydrogens is 192 g/mol. The fourth-order valence-electron chi connectivity index (χ4n) is 1.18. The molecule has 0 bridgehead atoms. The molecule has 0 aromatic carbocycles. The Morgan fingerprint density at radius 2 is 2.07 bits per heavy atom. The number of anilines is 1. The number of nitrogens with zero attached hydrogens (tertiary/aromatic N) is 4. The molecule has 0 radical (unpaired) electrons. The second-order valence-corrected chi connectivity index (χ2v) is 2.69. The van der Waals surface area contributed by atoms with E-state index in [1.165, 1.54) is 12.4 Å². The van der Waals surface area contributed by atoms with Crippen LogP contribution in [0.5, 0.6) is 0 Å². The first-order valence-electron chi connectivity index (χ1n) is 3.89. The van der Waals surface area contributed by atoms with Gasteiger partial charge in [-0.25, -0.2) is 23.4 Å². The number of alkyl halides is 2. The highest BCUT2D eigenvalue weighted by molar-refractivity contribution is 5.81. The summed E-state index contributed by atoms with van der Waals surface area (Å²) in [7, 11) is 0. The number of hydrogen-bond donors (Lipinski definition) is 1. The summed E-state index contributed by atoms with van der Waals surface area (Å²) < 4.78 is 25.3. The monoisotopic (exact) mass is 199 g/mol. The van der Waals surface area contributed by atoms with Gasteiger partial charge in [-0.15, -0.1) is 0 Å². The molecule has 74 valence electrons. The quantitative estimate of drug-likeness (QED) is 0.771. The van der Waals surface area contributed by atoms with Gasteiger partial charge in [-0.2, -0.15) is 5.10 Å². The molecular formula is C7H7F2N5. The van der Waals surface area contributed by atoms with E-state index in [0.29, 0.717) is 5.52 Å². The molecule has 2 N–H and O–H groups in total. The Balaban J connectivity index is 2.55. The molecule has 2 aromatic rings. The molecule has 14 heavy (non-hydrogen) atoms. The minimum Gasteiger partial charge on any atom is -0.380 e. The van der Waals surface area contributed by atoms with E-state index in [1.54, 1.807) is 0 Å². The largest absolute Gasteiger partial charge is 0.380 e. The van der Waals surface area contributed by atoms with Crippen molar-refractivity contribution in [1.82, 2.24) is 19.7 Å². The van der Waals surface area contributed by atoms with Gasteiger partial charge < -0.3 is 5.73 Å². The van der Waals surface area contributed by atoms with Crippen LogP contribution in [-0.4, -0.2) is 26.2 Å². The predicted octanol–water partition coefficient (Wildman–Crippen LogP) is 0.674. The van der Waals surface area contributed by atoms with Crippen LogP contribution in [0.1, 0.15) is 0 Å². The van der Waals surface area contributed by atoms with Crippen molar-refractivity contribution in [2.24, 2.45) is 0 Å². The maximum Gasteiger partial charge on any atom is 0.258 e. The first-order valence-corrected chi connectivity index (χ1v) is 3.89. The van der Waals surface area contributed by atoms with Gasteiger partial charge in [0.1, 0.15) is 6.54 Å². The summed E-state index contributed by atoms with van der Waals surface area (Å²) in [5, 5.41) is 3.72. The Bertz CT molecular complexity index is 452. The Morgan fingerprint density at radius 3 is 2.79 bits per heavy atom. The van der Waals surface area contributed by atoms with Crippen molar-refractivity contribution in [1.29, 1.82) is 0 Å². The molecule has 7 heteroatoms. The molecule has 0 amide bonds. The van der Waals surface area contributed by atoms with Crippen molar-refractivity contribution in [3.63, 3.8) is 0 Å². The maximum atomic E-state index is 12.1. The molecule has 0 aliphatic heterocycles. The predicted molar refractivity (Wildman–Crippen MR) is 45.7 cm³/mol. The SMILES string of the molecule is Nc1nn(CC(F)F)c2nccnc12. The van der Waals surface area contributed by atoms with E-state index in [-0.39, 0.29) is 11.5 Å². The standard InChI is InChI=1S/C7H7F2N5/c8-4(9)3-14-7-5(6(10)13-14)11-1-2-12-7/h1-2,4H,3H2,(H2,10,13). The zero-order chi connectivity index (χ0) is 10.1. The van der Waals surface area contributed by atoms with Crippen molar-refractivity contribution < 1.29 is 8.78 Å². The van der Waals surface area contributed by atoms with Crippen molar-refractivity contribution in [3.05, 3.63) is 12.4 Å². The third-order valence-electron chi connectivity index (χ3n) is 1.71. The third-order valence-corrected chi connectivity index (χ3v) is 1.71. The molecule has 0 saturated heterocycles. The maximum absolute atomic E-state index is 12.1. The summed E-state index contributed by atoms with van der Waals surface area (Å²) in [6, 6.07) is 0. The fourth-order valence-corrected chi connectivity index (χ4v) is 1.18. The number of hydrogen-bond acceptors (Lipinski definition) is 4. The summed E-state index contributed by atoms with van der Waals surface area (Å²) in [4.78, 5) is 7.77. The Kier molecular flexibility index (Phi) is 1.99. The number of nitrogen functional groups attached to an aromatic ring is 1. The van der Waals surface area contributed by atoms with Crippen LogP contribution < -0.4 is 5.73 Å². The highest BCUT2D eigenvalue weighted by Crippen LogP contribution is 2.15. The van der Waals surface area contributed by atoms with E-state index in [1.807, 2.05) is 0 Å². The van der Waals surface area contributed by atoms with Crippen LogP contribution in [0.2, 0.25) is 0 Å². The van der Waals surface area contributed by atoms with E-state index < -0.39 is 13.0 Å². The molecule has 5 nitrogen and oxygen atoms in total. The second kappa shape index (κ2) is 3.17. The lowest BCUT2D eigenvalue weighted by molar-refractivity contribution is 0.123. The summed E-state index contributed by atoms with van der Waals surface area (Å²) in [5.74, 6) is 0.119. The Hall–Kier alpha value is -1.79. The lowest BCUT2D eigenvalue weighted by Crippen LogP contribution is -2.08. The summed E-state index contributed by atoms with van der Waals surface area (Å²) >= 11 is 0. The van der Waals surface area contributed by atoms with Gasteiger partial charge >= 0.3 is 0 Å². The van der Waals surface area contributed by atoms with Crippen LogP contribution in [0.15, 0.2) is 12.4 Å². The van der Waals surface area contributed by atoms with Crippen molar-refractivity contribution >= 4 is 17.0 Å². The van der Waals surface area contributed by atoms with E-state index in [2.05, 4.69) is 15.1 Å². The molecule has 0 aliphatic carbocycles. The number of nitrogens with two attached hydrogens (primary N) is 1. The number of rotatable bonds is 2. The lowest BCUT2D eigenvalue weighted by atomic mass is 10.5. The highest BCUT2D eigenvalue weighted by Gasteiger charge is 2.13. The number of aromatic nitrogens is 4. The minimum atomic E-state index is -2.49. The van der Waals surface area contributed by atoms with Gasteiger partial charge in [0.25, 0.3) is 6.43 Å². The molecule has 0 saturated carbocycles. The molecule has 0 spiro atoms. The Morgan fingerprint density at radius 1 is 1.36 bits per heavy atom. The van der Waals surface area contributed by atoms with E-state index in [4.69, 9.17) is 5.73 Å². The number of halogens is 2. The van der Waals surface area contributed by atoms with Crippen LogP contribution in [0.25, 0.3) is 11.2 Å². The van der Waals surface area contributed by atoms with Gasteiger partial charge in [-0.05, 0) is 0 Å².